The summed E-state index contributed by atoms with van der Waals surface area (Å²) in [5, 5.41) is 3.63. The zero-order valence-electron chi connectivity index (χ0n) is 16.9. The van der Waals surface area contributed by atoms with E-state index in [1.807, 2.05) is 0 Å². The molecule has 0 aliphatic heterocycles. The summed E-state index contributed by atoms with van der Waals surface area (Å²) in [5.74, 6) is 0.768. The Morgan fingerprint density at radius 1 is 1.30 bits per heavy atom. The molecule has 10 heteroatoms. The molecule has 1 N–H and O–H groups in total. The number of nitrogens with one attached hydrogen (secondary N) is 1. The molecule has 30 heavy (non-hydrogen) atoms. The highest BCUT2D eigenvalue weighted by molar-refractivity contribution is 7.99. The fraction of sp³-hybridized carbons (Fsp3) is 0.350. The van der Waals surface area contributed by atoms with Crippen molar-refractivity contribution >= 4 is 46.1 Å². The molecular weight excluding hydrogens is 426 g/mol. The van der Waals surface area contributed by atoms with Crippen molar-refractivity contribution in [3.8, 4) is 5.75 Å². The van der Waals surface area contributed by atoms with E-state index >= 15 is 0 Å². The van der Waals surface area contributed by atoms with E-state index in [4.69, 9.17) is 16.3 Å². The third-order valence-corrected chi connectivity index (χ3v) is 5.53. The maximum absolute atomic E-state index is 12.9. The van der Waals surface area contributed by atoms with Gasteiger partial charge in [0.2, 0.25) is 5.91 Å². The average molecular weight is 448 g/mol. The molecule has 3 rings (SSSR count). The van der Waals surface area contributed by atoms with Crippen molar-refractivity contribution < 1.29 is 9.53 Å². The van der Waals surface area contributed by atoms with Crippen molar-refractivity contribution in [3.63, 3.8) is 0 Å². The van der Waals surface area contributed by atoms with Crippen LogP contribution in [0.25, 0.3) is 11.2 Å². The molecule has 0 unspecified atom stereocenters. The molecule has 1 aromatic carbocycles. The molecule has 0 spiro atoms. The van der Waals surface area contributed by atoms with Crippen molar-refractivity contribution in [1.82, 2.24) is 19.5 Å². The number of carbonyl (C=O) groups excluding carboxylic acids is 1. The van der Waals surface area contributed by atoms with Gasteiger partial charge in [0.05, 0.1) is 17.9 Å². The Bertz CT molecular complexity index is 1120. The first kappa shape index (κ1) is 22.0. The first-order valence-corrected chi connectivity index (χ1v) is 10.7. The van der Waals surface area contributed by atoms with Gasteiger partial charge in [0.15, 0.2) is 16.3 Å². The lowest BCUT2D eigenvalue weighted by atomic mass is 10.1. The number of ether oxygens (including phenoxy) is 1. The van der Waals surface area contributed by atoms with Crippen LogP contribution in [0.5, 0.6) is 5.75 Å². The lowest BCUT2D eigenvalue weighted by molar-refractivity contribution is -0.113. The lowest BCUT2D eigenvalue weighted by Gasteiger charge is -2.13. The third-order valence-electron chi connectivity index (χ3n) is 4.26. The average Bonchev–Trinajstić information content (AvgIpc) is 2.72. The van der Waals surface area contributed by atoms with Gasteiger partial charge in [-0.15, -0.1) is 0 Å². The van der Waals surface area contributed by atoms with E-state index in [0.717, 1.165) is 6.42 Å². The molecule has 0 aliphatic carbocycles. The number of fused-ring (bicyclic) bond motifs is 1. The predicted octanol–water partition coefficient (Wildman–Crippen LogP) is 3.63. The summed E-state index contributed by atoms with van der Waals surface area (Å²) in [6.07, 6.45) is 3.76. The van der Waals surface area contributed by atoms with Gasteiger partial charge in [-0.2, -0.15) is 0 Å². The van der Waals surface area contributed by atoms with E-state index < -0.39 is 0 Å². The largest absolute Gasteiger partial charge is 0.495 e. The normalized spacial score (nSPS) is 11.1. The highest BCUT2D eigenvalue weighted by Crippen LogP contribution is 2.27. The molecule has 0 saturated carbocycles. The number of aromatic nitrogens is 4. The summed E-state index contributed by atoms with van der Waals surface area (Å²) in [7, 11) is 1.52. The number of carbonyl (C=O) groups is 1. The summed E-state index contributed by atoms with van der Waals surface area (Å²) in [5.41, 5.74) is 0.801. The zero-order chi connectivity index (χ0) is 21.7. The second kappa shape index (κ2) is 9.90. The van der Waals surface area contributed by atoms with Gasteiger partial charge in [-0.25, -0.2) is 15.0 Å². The van der Waals surface area contributed by atoms with Gasteiger partial charge in [0.1, 0.15) is 5.75 Å². The minimum Gasteiger partial charge on any atom is -0.495 e. The number of methoxy groups -OCH3 is 1. The number of nitrogens with zero attached hydrogens (tertiary/aromatic N) is 4. The molecule has 8 nitrogen and oxygen atoms in total. The quantitative estimate of drug-likeness (QED) is 0.415. The molecule has 0 fully saturated rings. The molecule has 0 saturated heterocycles. The van der Waals surface area contributed by atoms with Crippen LogP contribution < -0.4 is 15.6 Å². The Balaban J connectivity index is 1.78. The lowest BCUT2D eigenvalue weighted by Crippen LogP contribution is -2.26. The van der Waals surface area contributed by atoms with Gasteiger partial charge in [0.25, 0.3) is 5.56 Å². The van der Waals surface area contributed by atoms with E-state index in [1.54, 1.807) is 22.8 Å². The predicted molar refractivity (Wildman–Crippen MR) is 118 cm³/mol. The summed E-state index contributed by atoms with van der Waals surface area (Å²) in [6.45, 7) is 4.66. The van der Waals surface area contributed by atoms with Crippen molar-refractivity contribution in [1.29, 1.82) is 0 Å². The van der Waals surface area contributed by atoms with Crippen LogP contribution in [0.3, 0.4) is 0 Å². The van der Waals surface area contributed by atoms with E-state index in [1.165, 1.54) is 31.3 Å². The SMILES string of the molecule is COc1ccc(NC(=O)CSc2nc3nccnc3c(=O)n2CCC(C)C)cc1Cl. The molecule has 0 radical (unpaired) electrons. The number of thioether (sulfide) groups is 1. The summed E-state index contributed by atoms with van der Waals surface area (Å²) in [4.78, 5) is 38.0. The van der Waals surface area contributed by atoms with Crippen LogP contribution in [-0.2, 0) is 11.3 Å². The van der Waals surface area contributed by atoms with Gasteiger partial charge in [0, 0.05) is 24.6 Å². The Morgan fingerprint density at radius 2 is 2.07 bits per heavy atom. The smallest absolute Gasteiger partial charge is 0.282 e. The Labute approximate surface area is 183 Å². The van der Waals surface area contributed by atoms with Crippen LogP contribution in [0.1, 0.15) is 20.3 Å². The Kier molecular flexibility index (Phi) is 7.28. The van der Waals surface area contributed by atoms with Crippen LogP contribution in [0.15, 0.2) is 40.5 Å². The van der Waals surface area contributed by atoms with Gasteiger partial charge in [-0.05, 0) is 30.5 Å². The molecule has 158 valence electrons. The number of benzene rings is 1. The highest BCUT2D eigenvalue weighted by Gasteiger charge is 2.15. The maximum Gasteiger partial charge on any atom is 0.282 e. The first-order valence-electron chi connectivity index (χ1n) is 9.36. The van der Waals surface area contributed by atoms with Crippen LogP contribution >= 0.6 is 23.4 Å². The van der Waals surface area contributed by atoms with Gasteiger partial charge < -0.3 is 10.1 Å². The second-order valence-corrected chi connectivity index (χ2v) is 8.30. The number of amides is 1. The van der Waals surface area contributed by atoms with E-state index in [9.17, 15) is 9.59 Å². The van der Waals surface area contributed by atoms with E-state index in [2.05, 4.69) is 34.1 Å². The topological polar surface area (TPSA) is 99.0 Å². The van der Waals surface area contributed by atoms with Crippen LogP contribution in [-0.4, -0.2) is 38.3 Å². The van der Waals surface area contributed by atoms with Crippen LogP contribution in [0.2, 0.25) is 5.02 Å². The second-order valence-electron chi connectivity index (χ2n) is 6.95. The molecule has 1 amide bonds. The summed E-state index contributed by atoms with van der Waals surface area (Å²) >= 11 is 7.28. The van der Waals surface area contributed by atoms with Crippen molar-refractivity contribution in [2.24, 2.45) is 5.92 Å². The number of anilines is 1. The van der Waals surface area contributed by atoms with Crippen LogP contribution in [0.4, 0.5) is 5.69 Å². The third kappa shape index (κ3) is 5.28. The standard InChI is InChI=1S/C20H22ClN5O3S/c1-12(2)6-9-26-19(28)17-18(23-8-7-22-17)25-20(26)30-11-16(27)24-13-4-5-15(29-3)14(21)10-13/h4-5,7-8,10,12H,6,9,11H2,1-3H3,(H,24,27). The molecule has 0 atom stereocenters. The van der Waals surface area contributed by atoms with E-state index in [0.29, 0.717) is 34.1 Å². The molecular formula is C20H22ClN5O3S. The van der Waals surface area contributed by atoms with Crippen LogP contribution in [0, 0.1) is 5.92 Å². The van der Waals surface area contributed by atoms with Gasteiger partial charge >= 0.3 is 0 Å². The molecule has 0 bridgehead atoms. The number of halogens is 1. The van der Waals surface area contributed by atoms with Crippen molar-refractivity contribution in [3.05, 3.63) is 46.0 Å². The highest BCUT2D eigenvalue weighted by atomic mass is 35.5. The zero-order valence-corrected chi connectivity index (χ0v) is 18.5. The van der Waals surface area contributed by atoms with E-state index in [-0.39, 0.29) is 28.4 Å². The fourth-order valence-electron chi connectivity index (χ4n) is 2.70. The molecule has 2 heterocycles. The minimum atomic E-state index is -0.251. The molecule has 0 aliphatic rings. The summed E-state index contributed by atoms with van der Waals surface area (Å²) < 4.78 is 6.68. The van der Waals surface area contributed by atoms with Gasteiger partial charge in [-0.1, -0.05) is 37.2 Å². The first-order chi connectivity index (χ1) is 14.4. The molecule has 3 aromatic rings. The number of rotatable bonds is 8. The minimum absolute atomic E-state index is 0.0730. The number of hydrogen-bond donors (Lipinski definition) is 1. The van der Waals surface area contributed by atoms with Crippen molar-refractivity contribution in [2.75, 3.05) is 18.2 Å². The van der Waals surface area contributed by atoms with Gasteiger partial charge in [-0.3, -0.25) is 14.2 Å². The monoisotopic (exact) mass is 447 g/mol. The Hall–Kier alpha value is -2.65. The Morgan fingerprint density at radius 3 is 2.77 bits per heavy atom. The fourth-order valence-corrected chi connectivity index (χ4v) is 3.77. The summed E-state index contributed by atoms with van der Waals surface area (Å²) in [6, 6.07) is 5.00. The van der Waals surface area contributed by atoms with Crippen molar-refractivity contribution in [2.45, 2.75) is 32.0 Å². The molecule has 2 aromatic heterocycles. The maximum atomic E-state index is 12.9. The number of hydrogen-bond acceptors (Lipinski definition) is 7.